The average molecular weight is 435 g/mol. The molecular formula is C22H24F3N3O3. The molecule has 2 aliphatic rings. The van der Waals surface area contributed by atoms with Crippen molar-refractivity contribution in [3.05, 3.63) is 24.3 Å². The first-order valence-corrected chi connectivity index (χ1v) is 10.2. The Bertz CT molecular complexity index is 815. The lowest BCUT2D eigenvalue weighted by Gasteiger charge is -2.30. The molecule has 2 atom stereocenters. The molecule has 1 aliphatic heterocycles. The van der Waals surface area contributed by atoms with Crippen LogP contribution in [-0.4, -0.2) is 47.9 Å². The lowest BCUT2D eigenvalue weighted by Crippen LogP contribution is -2.47. The van der Waals surface area contributed by atoms with Gasteiger partial charge in [-0.25, -0.2) is 0 Å². The van der Waals surface area contributed by atoms with Gasteiger partial charge in [0.15, 0.2) is 0 Å². The maximum absolute atomic E-state index is 12.6. The lowest BCUT2D eigenvalue weighted by molar-refractivity contribution is -0.274. The highest BCUT2D eigenvalue weighted by atomic mass is 19.4. The van der Waals surface area contributed by atoms with Gasteiger partial charge in [0.1, 0.15) is 17.5 Å². The maximum atomic E-state index is 12.6. The van der Waals surface area contributed by atoms with E-state index in [1.165, 1.54) is 29.2 Å². The molecule has 0 aromatic heterocycles. The maximum Gasteiger partial charge on any atom is 0.573 e. The molecule has 6 nitrogen and oxygen atoms in total. The average Bonchev–Trinajstić information content (AvgIpc) is 3.17. The number of carbonyl (C=O) groups is 1. The Labute approximate surface area is 179 Å². The summed E-state index contributed by atoms with van der Waals surface area (Å²) in [6.07, 6.45) is 5.07. The zero-order valence-corrected chi connectivity index (χ0v) is 16.9. The molecule has 0 bridgehead atoms. The fourth-order valence-electron chi connectivity index (χ4n) is 4.07. The Balaban J connectivity index is 1.41. The fourth-order valence-corrected chi connectivity index (χ4v) is 4.07. The highest BCUT2D eigenvalue weighted by molar-refractivity contribution is 5.80. The molecule has 0 unspecified atom stereocenters. The minimum absolute atomic E-state index is 0.0458. The molecule has 1 aliphatic carbocycles. The molecule has 2 fully saturated rings. The van der Waals surface area contributed by atoms with Gasteiger partial charge in [0.25, 0.3) is 0 Å². The third kappa shape index (κ3) is 6.28. The monoisotopic (exact) mass is 435 g/mol. The minimum Gasteiger partial charge on any atom is -0.490 e. The molecule has 166 valence electrons. The first-order chi connectivity index (χ1) is 14.8. The van der Waals surface area contributed by atoms with Crippen molar-refractivity contribution in [3.8, 4) is 29.9 Å². The molecule has 3 rings (SSSR count). The summed E-state index contributed by atoms with van der Waals surface area (Å²) in [6, 6.07) is 6.85. The van der Waals surface area contributed by atoms with Gasteiger partial charge in [0.05, 0.1) is 24.8 Å². The molecule has 1 heterocycles. The van der Waals surface area contributed by atoms with Crippen molar-refractivity contribution in [3.63, 3.8) is 0 Å². The predicted octanol–water partition coefficient (Wildman–Crippen LogP) is 3.38. The van der Waals surface area contributed by atoms with Gasteiger partial charge in [-0.3, -0.25) is 4.79 Å². The molecule has 1 aromatic carbocycles. The number of ether oxygens (including phenoxy) is 2. The van der Waals surface area contributed by atoms with Crippen LogP contribution in [0.4, 0.5) is 13.2 Å². The molecule has 9 heteroatoms. The standard InChI is InChI=1S/C22H24F3N3O3/c1-2-16-5-6-17(13-26)28(16)21(29)14-27-15-3-7-18(8-4-15)30-19-9-11-20(12-10-19)31-22(23,24)25/h1,9-12,15-18,27H,3-8,14H2/t15-,16-,17-,18-/m0/s1. The zero-order valence-electron chi connectivity index (χ0n) is 16.9. The van der Waals surface area contributed by atoms with Gasteiger partial charge < -0.3 is 19.7 Å². The van der Waals surface area contributed by atoms with Gasteiger partial charge in [-0.2, -0.15) is 5.26 Å². The van der Waals surface area contributed by atoms with E-state index in [9.17, 15) is 23.2 Å². The van der Waals surface area contributed by atoms with Crippen molar-refractivity contribution < 1.29 is 27.4 Å². The number of nitriles is 1. The Kier molecular flexibility index (Phi) is 7.29. The Morgan fingerprint density at radius 1 is 1.10 bits per heavy atom. The second kappa shape index (κ2) is 9.93. The first kappa shape index (κ1) is 22.8. The largest absolute Gasteiger partial charge is 0.573 e. The van der Waals surface area contributed by atoms with Crippen molar-refractivity contribution in [1.29, 1.82) is 5.26 Å². The number of alkyl halides is 3. The third-order valence-electron chi connectivity index (χ3n) is 5.59. The number of hydrogen-bond acceptors (Lipinski definition) is 5. The van der Waals surface area contributed by atoms with E-state index < -0.39 is 12.4 Å². The van der Waals surface area contributed by atoms with Crippen molar-refractivity contribution in [1.82, 2.24) is 10.2 Å². The Hall–Kier alpha value is -2.91. The Morgan fingerprint density at radius 2 is 1.71 bits per heavy atom. The number of halogens is 3. The summed E-state index contributed by atoms with van der Waals surface area (Å²) in [4.78, 5) is 14.1. The van der Waals surface area contributed by atoms with E-state index in [0.29, 0.717) is 18.6 Å². The van der Waals surface area contributed by atoms with Crippen molar-refractivity contribution >= 4 is 5.91 Å². The molecule has 31 heavy (non-hydrogen) atoms. The van der Waals surface area contributed by atoms with Gasteiger partial charge in [-0.1, -0.05) is 5.92 Å². The molecule has 1 amide bonds. The number of carbonyl (C=O) groups excluding carboxylic acids is 1. The van der Waals surface area contributed by atoms with E-state index in [4.69, 9.17) is 11.2 Å². The number of likely N-dealkylation sites (tertiary alicyclic amines) is 1. The van der Waals surface area contributed by atoms with Crippen LogP contribution in [0, 0.1) is 23.7 Å². The molecule has 0 spiro atoms. The summed E-state index contributed by atoms with van der Waals surface area (Å²) in [7, 11) is 0. The third-order valence-corrected chi connectivity index (χ3v) is 5.59. The van der Waals surface area contributed by atoms with Crippen molar-refractivity contribution in [2.24, 2.45) is 0 Å². The first-order valence-electron chi connectivity index (χ1n) is 10.2. The Morgan fingerprint density at radius 3 is 2.29 bits per heavy atom. The normalized spacial score (nSPS) is 26.0. The van der Waals surface area contributed by atoms with Gasteiger partial charge in [-0.15, -0.1) is 19.6 Å². The number of benzene rings is 1. The van der Waals surface area contributed by atoms with E-state index in [2.05, 4.69) is 22.0 Å². The van der Waals surface area contributed by atoms with Crippen LogP contribution < -0.4 is 14.8 Å². The van der Waals surface area contributed by atoms with Crippen LogP contribution in [-0.2, 0) is 4.79 Å². The molecule has 1 saturated heterocycles. The van der Waals surface area contributed by atoms with E-state index in [-0.39, 0.29) is 36.4 Å². The van der Waals surface area contributed by atoms with Crippen LogP contribution in [0.25, 0.3) is 0 Å². The van der Waals surface area contributed by atoms with E-state index in [0.717, 1.165) is 25.7 Å². The van der Waals surface area contributed by atoms with E-state index >= 15 is 0 Å². The second-order valence-corrected chi connectivity index (χ2v) is 7.70. The minimum atomic E-state index is -4.72. The lowest BCUT2D eigenvalue weighted by atomic mass is 9.93. The highest BCUT2D eigenvalue weighted by Gasteiger charge is 2.36. The number of nitrogens with zero attached hydrogens (tertiary/aromatic N) is 2. The number of amides is 1. The summed E-state index contributed by atoms with van der Waals surface area (Å²) in [5, 5.41) is 12.5. The molecule has 1 saturated carbocycles. The molecular weight excluding hydrogens is 411 g/mol. The number of rotatable bonds is 6. The van der Waals surface area contributed by atoms with E-state index in [1.54, 1.807) is 0 Å². The van der Waals surface area contributed by atoms with Crippen molar-refractivity contribution in [2.45, 2.75) is 69.1 Å². The van der Waals surface area contributed by atoms with Crippen LogP contribution in [0.5, 0.6) is 11.5 Å². The van der Waals surface area contributed by atoms with E-state index in [1.807, 2.05) is 0 Å². The number of terminal acetylenes is 1. The molecule has 0 radical (unpaired) electrons. The molecule has 1 N–H and O–H groups in total. The van der Waals surface area contributed by atoms with Gasteiger partial charge >= 0.3 is 6.36 Å². The zero-order chi connectivity index (χ0) is 22.4. The fraction of sp³-hybridized carbons (Fsp3) is 0.545. The highest BCUT2D eigenvalue weighted by Crippen LogP contribution is 2.28. The topological polar surface area (TPSA) is 74.6 Å². The second-order valence-electron chi connectivity index (χ2n) is 7.70. The summed E-state index contributed by atoms with van der Waals surface area (Å²) in [6.45, 7) is 0.132. The summed E-state index contributed by atoms with van der Waals surface area (Å²) in [5.74, 6) is 2.62. The van der Waals surface area contributed by atoms with Crippen LogP contribution in [0.3, 0.4) is 0 Å². The predicted molar refractivity (Wildman–Crippen MR) is 106 cm³/mol. The van der Waals surface area contributed by atoms with Crippen molar-refractivity contribution in [2.75, 3.05) is 6.54 Å². The summed E-state index contributed by atoms with van der Waals surface area (Å²) in [5.41, 5.74) is 0. The van der Waals surface area contributed by atoms with Crippen LogP contribution in [0.2, 0.25) is 0 Å². The number of hydrogen-bond donors (Lipinski definition) is 1. The van der Waals surface area contributed by atoms with Gasteiger partial charge in [0, 0.05) is 6.04 Å². The number of nitrogens with one attached hydrogen (secondary N) is 1. The van der Waals surface area contributed by atoms with Crippen LogP contribution in [0.1, 0.15) is 38.5 Å². The SMILES string of the molecule is C#C[C@H]1CC[C@@H](C#N)N1C(=O)CN[C@H]1CC[C@H](Oc2ccc(OC(F)(F)F)cc2)CC1. The summed E-state index contributed by atoms with van der Waals surface area (Å²) < 4.78 is 46.4. The quantitative estimate of drug-likeness (QED) is 0.694. The smallest absolute Gasteiger partial charge is 0.490 e. The van der Waals surface area contributed by atoms with Gasteiger partial charge in [-0.05, 0) is 62.8 Å². The van der Waals surface area contributed by atoms with Crippen LogP contribution >= 0.6 is 0 Å². The molecule has 1 aromatic rings. The summed E-state index contributed by atoms with van der Waals surface area (Å²) >= 11 is 0. The van der Waals surface area contributed by atoms with Gasteiger partial charge in [0.2, 0.25) is 5.91 Å². The van der Waals surface area contributed by atoms with Crippen LogP contribution in [0.15, 0.2) is 24.3 Å².